The van der Waals surface area contributed by atoms with Crippen molar-refractivity contribution in [2.24, 2.45) is 0 Å². The summed E-state index contributed by atoms with van der Waals surface area (Å²) in [4.78, 5) is 39.4. The molecule has 0 aliphatic heterocycles. The van der Waals surface area contributed by atoms with Gasteiger partial charge in [-0.2, -0.15) is 9.78 Å². The largest absolute Gasteiger partial charge is 0.352 e. The molecule has 0 bridgehead atoms. The fraction of sp³-hybridized carbons (Fsp3) is 0.0833. The molecule has 1 amide bonds. The molecule has 7 nitrogen and oxygen atoms in total. The number of aromatic nitrogens is 3. The quantitative estimate of drug-likeness (QED) is 0.526. The molecule has 0 aliphatic rings. The number of hydrogen-bond acceptors (Lipinski definition) is 4. The maximum atomic E-state index is 13.5. The lowest BCUT2D eigenvalue weighted by Crippen LogP contribution is -2.46. The zero-order valence-electron chi connectivity index (χ0n) is 17.1. The molecule has 1 aromatic heterocycles. The van der Waals surface area contributed by atoms with E-state index in [9.17, 15) is 18.8 Å². The van der Waals surface area contributed by atoms with Gasteiger partial charge in [-0.25, -0.2) is 13.8 Å². The van der Waals surface area contributed by atoms with Gasteiger partial charge in [0.1, 0.15) is 5.82 Å². The summed E-state index contributed by atoms with van der Waals surface area (Å²) in [6, 6.07) is 22.1. The number of halogens is 1. The minimum Gasteiger partial charge on any atom is -0.320 e. The zero-order valence-corrected chi connectivity index (χ0v) is 17.1. The van der Waals surface area contributed by atoms with Crippen LogP contribution in [0.2, 0.25) is 0 Å². The molecule has 1 atom stereocenters. The van der Waals surface area contributed by atoms with Gasteiger partial charge < -0.3 is 5.32 Å². The molecule has 4 rings (SSSR count). The number of para-hydroxylation sites is 1. The summed E-state index contributed by atoms with van der Waals surface area (Å²) < 4.78 is 15.5. The van der Waals surface area contributed by atoms with E-state index in [2.05, 4.69) is 10.4 Å². The summed E-state index contributed by atoms with van der Waals surface area (Å²) in [6.45, 7) is 1.70. The molecule has 0 aliphatic carbocycles. The Kier molecular flexibility index (Phi) is 5.76. The number of carbonyl (C=O) groups is 1. The Labute approximate surface area is 182 Å². The first-order valence-electron chi connectivity index (χ1n) is 9.89. The van der Waals surface area contributed by atoms with Crippen molar-refractivity contribution in [3.8, 4) is 5.69 Å². The van der Waals surface area contributed by atoms with Crippen molar-refractivity contribution in [2.75, 3.05) is 5.32 Å². The summed E-state index contributed by atoms with van der Waals surface area (Å²) >= 11 is 0. The van der Waals surface area contributed by atoms with E-state index in [0.29, 0.717) is 11.3 Å². The van der Waals surface area contributed by atoms with Gasteiger partial charge in [0.15, 0.2) is 0 Å². The van der Waals surface area contributed by atoms with Crippen LogP contribution in [0.25, 0.3) is 5.69 Å². The average molecular weight is 430 g/mol. The fourth-order valence-corrected chi connectivity index (χ4v) is 3.35. The maximum Gasteiger partial charge on any atom is 0.352 e. The highest BCUT2D eigenvalue weighted by molar-refractivity contribution is 6.02. The van der Waals surface area contributed by atoms with Crippen LogP contribution in [-0.4, -0.2) is 20.3 Å². The Morgan fingerprint density at radius 1 is 0.938 bits per heavy atom. The van der Waals surface area contributed by atoms with Crippen LogP contribution in [0.3, 0.4) is 0 Å². The molecule has 3 aromatic carbocycles. The van der Waals surface area contributed by atoms with Crippen LogP contribution in [0.5, 0.6) is 0 Å². The van der Waals surface area contributed by atoms with Gasteiger partial charge >= 0.3 is 5.69 Å². The molecule has 0 saturated heterocycles. The molecule has 0 fully saturated rings. The van der Waals surface area contributed by atoms with E-state index in [1.54, 1.807) is 61.5 Å². The van der Waals surface area contributed by atoms with Crippen LogP contribution >= 0.6 is 0 Å². The van der Waals surface area contributed by atoms with Gasteiger partial charge in [-0.15, -0.1) is 0 Å². The summed E-state index contributed by atoms with van der Waals surface area (Å²) in [5.41, 5.74) is -0.732. The molecule has 32 heavy (non-hydrogen) atoms. The van der Waals surface area contributed by atoms with E-state index in [0.717, 1.165) is 15.3 Å². The molecule has 4 aromatic rings. The van der Waals surface area contributed by atoms with Crippen LogP contribution < -0.4 is 16.6 Å². The molecular formula is C24H19FN4O3. The number of nitrogens with one attached hydrogen (secondary N) is 1. The predicted molar refractivity (Wildman–Crippen MR) is 119 cm³/mol. The summed E-state index contributed by atoms with van der Waals surface area (Å²) in [5.74, 6) is -1.39. The minimum absolute atomic E-state index is 0.163. The summed E-state index contributed by atoms with van der Waals surface area (Å²) in [7, 11) is 0. The number of benzene rings is 3. The monoisotopic (exact) mass is 430 g/mol. The number of nitrogens with zero attached hydrogens (tertiary/aromatic N) is 3. The normalized spacial score (nSPS) is 11.7. The third-order valence-electron chi connectivity index (χ3n) is 4.98. The van der Waals surface area contributed by atoms with Gasteiger partial charge in [-0.3, -0.25) is 9.59 Å². The Bertz CT molecular complexity index is 1380. The SMILES string of the molecule is C[C@H](c1ccccc1)n1c(=O)c(C(=O)Nc2cccc(F)c2)nn(-c2ccccc2)c1=O. The van der Waals surface area contributed by atoms with E-state index in [1.165, 1.54) is 18.2 Å². The van der Waals surface area contributed by atoms with E-state index in [1.807, 2.05) is 6.07 Å². The molecule has 0 saturated carbocycles. The first-order chi connectivity index (χ1) is 15.5. The summed E-state index contributed by atoms with van der Waals surface area (Å²) in [5, 5.41) is 6.54. The standard InChI is InChI=1S/C24H19FN4O3/c1-16(17-9-4-2-5-10-17)28-23(31)21(22(30)26-19-12-8-11-18(25)15-19)27-29(24(28)32)20-13-6-3-7-14-20/h2-16H,1H3,(H,26,30)/t16-/m1/s1. The minimum atomic E-state index is -0.848. The Balaban J connectivity index is 1.89. The van der Waals surface area contributed by atoms with Crippen molar-refractivity contribution in [1.29, 1.82) is 0 Å². The average Bonchev–Trinajstić information content (AvgIpc) is 2.80. The molecule has 1 N–H and O–H groups in total. The number of rotatable bonds is 5. The Hall–Kier alpha value is -4.33. The number of hydrogen-bond donors (Lipinski definition) is 1. The third kappa shape index (κ3) is 4.11. The maximum absolute atomic E-state index is 13.5. The van der Waals surface area contributed by atoms with Gasteiger partial charge in [0.2, 0.25) is 5.69 Å². The van der Waals surface area contributed by atoms with Crippen LogP contribution in [-0.2, 0) is 0 Å². The van der Waals surface area contributed by atoms with Gasteiger partial charge in [-0.1, -0.05) is 54.6 Å². The highest BCUT2D eigenvalue weighted by Gasteiger charge is 2.24. The third-order valence-corrected chi connectivity index (χ3v) is 4.98. The second-order valence-electron chi connectivity index (χ2n) is 7.10. The predicted octanol–water partition coefficient (Wildman–Crippen LogP) is 3.39. The van der Waals surface area contributed by atoms with Crippen molar-refractivity contribution in [3.63, 3.8) is 0 Å². The number of anilines is 1. The summed E-state index contributed by atoms with van der Waals surface area (Å²) in [6.07, 6.45) is 0. The second-order valence-corrected chi connectivity index (χ2v) is 7.10. The van der Waals surface area contributed by atoms with Crippen molar-refractivity contribution in [2.45, 2.75) is 13.0 Å². The highest BCUT2D eigenvalue weighted by Crippen LogP contribution is 2.15. The first kappa shape index (κ1) is 20.9. The highest BCUT2D eigenvalue weighted by atomic mass is 19.1. The van der Waals surface area contributed by atoms with Crippen LogP contribution in [0.1, 0.15) is 29.0 Å². The van der Waals surface area contributed by atoms with Gasteiger partial charge in [-0.05, 0) is 42.8 Å². The first-order valence-corrected chi connectivity index (χ1v) is 9.89. The Morgan fingerprint density at radius 2 is 1.59 bits per heavy atom. The lowest BCUT2D eigenvalue weighted by atomic mass is 10.1. The molecule has 0 spiro atoms. The van der Waals surface area contributed by atoms with Crippen molar-refractivity contribution in [3.05, 3.63) is 123 Å². The molecule has 0 unspecified atom stereocenters. The smallest absolute Gasteiger partial charge is 0.320 e. The van der Waals surface area contributed by atoms with E-state index in [-0.39, 0.29) is 5.69 Å². The van der Waals surface area contributed by atoms with Crippen LogP contribution in [0, 0.1) is 5.82 Å². The van der Waals surface area contributed by atoms with E-state index in [4.69, 9.17) is 0 Å². The van der Waals surface area contributed by atoms with Gasteiger partial charge in [0.05, 0.1) is 11.7 Å². The second kappa shape index (κ2) is 8.81. The molecular weight excluding hydrogens is 411 g/mol. The van der Waals surface area contributed by atoms with Crippen molar-refractivity contribution in [1.82, 2.24) is 14.3 Å². The van der Waals surface area contributed by atoms with Gasteiger partial charge in [0.25, 0.3) is 11.5 Å². The van der Waals surface area contributed by atoms with Crippen molar-refractivity contribution >= 4 is 11.6 Å². The molecule has 0 radical (unpaired) electrons. The van der Waals surface area contributed by atoms with Crippen molar-refractivity contribution < 1.29 is 9.18 Å². The fourth-order valence-electron chi connectivity index (χ4n) is 3.35. The number of amides is 1. The lowest BCUT2D eigenvalue weighted by molar-refractivity contribution is 0.101. The van der Waals surface area contributed by atoms with Crippen LogP contribution in [0.15, 0.2) is 94.5 Å². The molecule has 8 heteroatoms. The zero-order chi connectivity index (χ0) is 22.7. The lowest BCUT2D eigenvalue weighted by Gasteiger charge is -2.17. The van der Waals surface area contributed by atoms with E-state index >= 15 is 0 Å². The van der Waals surface area contributed by atoms with Crippen LogP contribution in [0.4, 0.5) is 10.1 Å². The number of carbonyl (C=O) groups excluding carboxylic acids is 1. The molecule has 160 valence electrons. The molecule has 1 heterocycles. The topological polar surface area (TPSA) is 86.0 Å². The Morgan fingerprint density at radius 3 is 2.25 bits per heavy atom. The van der Waals surface area contributed by atoms with E-state index < -0.39 is 34.7 Å². The van der Waals surface area contributed by atoms with Gasteiger partial charge in [0, 0.05) is 5.69 Å².